The molecule has 1 aliphatic rings. The second-order valence-electron chi connectivity index (χ2n) is 2.85. The highest BCUT2D eigenvalue weighted by atomic mass is 19.4. The lowest BCUT2D eigenvalue weighted by Gasteiger charge is -2.35. The number of aliphatic hydroxyl groups excluding tert-OH is 3. The monoisotopic (exact) mass is 202 g/mol. The lowest BCUT2D eigenvalue weighted by atomic mass is 10.0. The van der Waals surface area contributed by atoms with Crippen LogP contribution in [0.3, 0.4) is 0 Å². The number of hydrogen-bond acceptors (Lipinski definition) is 4. The molecule has 0 aromatic heterocycles. The van der Waals surface area contributed by atoms with Crippen LogP contribution in [0.1, 0.15) is 6.42 Å². The molecule has 0 saturated carbocycles. The molecule has 1 aliphatic heterocycles. The van der Waals surface area contributed by atoms with Crippen LogP contribution in [-0.4, -0.2) is 46.1 Å². The van der Waals surface area contributed by atoms with Crippen molar-refractivity contribution in [2.75, 3.05) is 0 Å². The largest absolute Gasteiger partial charge is 0.417 e. The Morgan fingerprint density at radius 1 is 1.15 bits per heavy atom. The summed E-state index contributed by atoms with van der Waals surface area (Å²) in [4.78, 5) is 0. The van der Waals surface area contributed by atoms with Gasteiger partial charge in [-0.3, -0.25) is 0 Å². The third-order valence-electron chi connectivity index (χ3n) is 1.77. The summed E-state index contributed by atoms with van der Waals surface area (Å²) in [5, 5.41) is 26.5. The van der Waals surface area contributed by atoms with Gasteiger partial charge in [0.1, 0.15) is 6.10 Å². The van der Waals surface area contributed by atoms with E-state index in [9.17, 15) is 13.2 Å². The maximum atomic E-state index is 12.0. The predicted octanol–water partition coefficient (Wildman–Crippen LogP) is -0.622. The van der Waals surface area contributed by atoms with Gasteiger partial charge in [0, 0.05) is 6.42 Å². The summed E-state index contributed by atoms with van der Waals surface area (Å²) >= 11 is 0. The van der Waals surface area contributed by atoms with Gasteiger partial charge in [0.25, 0.3) is 0 Å². The number of hydrogen-bond donors (Lipinski definition) is 3. The number of aliphatic hydroxyl groups is 3. The highest BCUT2D eigenvalue weighted by molar-refractivity contribution is 4.86. The maximum absolute atomic E-state index is 12.0. The van der Waals surface area contributed by atoms with Crippen LogP contribution in [0.15, 0.2) is 0 Å². The van der Waals surface area contributed by atoms with E-state index in [0.29, 0.717) is 0 Å². The Morgan fingerprint density at radius 3 is 2.15 bits per heavy atom. The van der Waals surface area contributed by atoms with Gasteiger partial charge in [-0.2, -0.15) is 13.2 Å². The molecular weight excluding hydrogens is 193 g/mol. The van der Waals surface area contributed by atoms with E-state index in [0.717, 1.165) is 0 Å². The zero-order chi connectivity index (χ0) is 10.2. The van der Waals surface area contributed by atoms with Gasteiger partial charge in [0.05, 0.1) is 6.10 Å². The van der Waals surface area contributed by atoms with E-state index in [-0.39, 0.29) is 0 Å². The van der Waals surface area contributed by atoms with Crippen LogP contribution in [0.2, 0.25) is 0 Å². The number of ether oxygens (including phenoxy) is 1. The fourth-order valence-corrected chi connectivity index (χ4v) is 1.12. The molecule has 0 spiro atoms. The maximum Gasteiger partial charge on any atom is 0.417 e. The summed E-state index contributed by atoms with van der Waals surface area (Å²) in [5.41, 5.74) is 0. The Bertz CT molecular complexity index is 183. The summed E-state index contributed by atoms with van der Waals surface area (Å²) in [7, 11) is 0. The summed E-state index contributed by atoms with van der Waals surface area (Å²) in [6, 6.07) is 0. The average molecular weight is 202 g/mol. The van der Waals surface area contributed by atoms with Gasteiger partial charge < -0.3 is 20.1 Å². The van der Waals surface area contributed by atoms with Crippen LogP contribution in [0.4, 0.5) is 13.2 Å². The molecule has 1 fully saturated rings. The third-order valence-corrected chi connectivity index (χ3v) is 1.77. The lowest BCUT2D eigenvalue weighted by Crippen LogP contribution is -2.54. The zero-order valence-corrected chi connectivity index (χ0v) is 6.40. The van der Waals surface area contributed by atoms with Gasteiger partial charge in [0.15, 0.2) is 12.4 Å². The van der Waals surface area contributed by atoms with Crippen molar-refractivity contribution in [3.05, 3.63) is 0 Å². The summed E-state index contributed by atoms with van der Waals surface area (Å²) in [5.74, 6) is 0. The molecule has 0 aromatic rings. The molecule has 1 heterocycles. The highest BCUT2D eigenvalue weighted by Gasteiger charge is 2.51. The van der Waals surface area contributed by atoms with Gasteiger partial charge in [-0.05, 0) is 0 Å². The van der Waals surface area contributed by atoms with Gasteiger partial charge >= 0.3 is 6.18 Å². The minimum Gasteiger partial charge on any atom is -0.390 e. The first kappa shape index (κ1) is 10.7. The predicted molar refractivity (Wildman–Crippen MR) is 33.6 cm³/mol. The van der Waals surface area contributed by atoms with Gasteiger partial charge in [-0.1, -0.05) is 0 Å². The van der Waals surface area contributed by atoms with Gasteiger partial charge in [-0.25, -0.2) is 0 Å². The second-order valence-corrected chi connectivity index (χ2v) is 2.85. The normalized spacial score (nSPS) is 42.0. The molecule has 0 aliphatic carbocycles. The van der Waals surface area contributed by atoms with Crippen LogP contribution >= 0.6 is 0 Å². The van der Waals surface area contributed by atoms with Crippen LogP contribution in [0, 0.1) is 0 Å². The molecule has 13 heavy (non-hydrogen) atoms. The van der Waals surface area contributed by atoms with E-state index in [2.05, 4.69) is 4.74 Å². The van der Waals surface area contributed by atoms with Gasteiger partial charge in [0.2, 0.25) is 0 Å². The Morgan fingerprint density at radius 2 is 1.69 bits per heavy atom. The average Bonchev–Trinajstić information content (AvgIpc) is 1.94. The van der Waals surface area contributed by atoms with E-state index < -0.39 is 37.2 Å². The Kier molecular flexibility index (Phi) is 2.81. The Labute approximate surface area is 71.6 Å². The first-order valence-corrected chi connectivity index (χ1v) is 3.58. The highest BCUT2D eigenvalue weighted by Crippen LogP contribution is 2.31. The molecule has 7 heteroatoms. The SMILES string of the molecule is O[C@@H]1[C@H](C(F)(F)F)O[C@@H](O)C[C@@H]1O. The van der Waals surface area contributed by atoms with Crippen molar-refractivity contribution in [3.63, 3.8) is 0 Å². The van der Waals surface area contributed by atoms with Crippen molar-refractivity contribution >= 4 is 0 Å². The summed E-state index contributed by atoms with van der Waals surface area (Å²) in [6.07, 6.45) is -13.1. The molecule has 0 aromatic carbocycles. The van der Waals surface area contributed by atoms with E-state index in [1.807, 2.05) is 0 Å². The minimum atomic E-state index is -4.79. The van der Waals surface area contributed by atoms with Crippen LogP contribution in [0.5, 0.6) is 0 Å². The molecule has 1 saturated heterocycles. The van der Waals surface area contributed by atoms with Crippen molar-refractivity contribution in [1.82, 2.24) is 0 Å². The fraction of sp³-hybridized carbons (Fsp3) is 1.00. The van der Waals surface area contributed by atoms with Crippen molar-refractivity contribution in [2.45, 2.75) is 37.2 Å². The zero-order valence-electron chi connectivity index (χ0n) is 6.40. The third kappa shape index (κ3) is 2.31. The van der Waals surface area contributed by atoms with Crippen molar-refractivity contribution in [1.29, 1.82) is 0 Å². The molecule has 4 atom stereocenters. The van der Waals surface area contributed by atoms with Crippen LogP contribution < -0.4 is 0 Å². The number of alkyl halides is 3. The molecule has 0 radical (unpaired) electrons. The topological polar surface area (TPSA) is 69.9 Å². The fourth-order valence-electron chi connectivity index (χ4n) is 1.12. The molecule has 4 nitrogen and oxygen atoms in total. The first-order valence-electron chi connectivity index (χ1n) is 3.58. The van der Waals surface area contributed by atoms with E-state index in [4.69, 9.17) is 15.3 Å². The Balaban J connectivity index is 2.72. The minimum absolute atomic E-state index is 0.423. The van der Waals surface area contributed by atoms with Crippen LogP contribution in [0.25, 0.3) is 0 Å². The van der Waals surface area contributed by atoms with Gasteiger partial charge in [-0.15, -0.1) is 0 Å². The molecular formula is C6H9F3O4. The number of halogens is 3. The molecule has 0 amide bonds. The number of rotatable bonds is 0. The first-order chi connectivity index (χ1) is 5.82. The second kappa shape index (κ2) is 3.41. The summed E-state index contributed by atoms with van der Waals surface area (Å²) < 4.78 is 40.1. The van der Waals surface area contributed by atoms with E-state index in [1.54, 1.807) is 0 Å². The van der Waals surface area contributed by atoms with Crippen molar-refractivity contribution in [3.8, 4) is 0 Å². The quantitative estimate of drug-likeness (QED) is 0.489. The molecule has 1 rings (SSSR count). The molecule has 3 N–H and O–H groups in total. The smallest absolute Gasteiger partial charge is 0.390 e. The summed E-state index contributed by atoms with van der Waals surface area (Å²) in [6.45, 7) is 0. The van der Waals surface area contributed by atoms with Crippen molar-refractivity contribution in [2.24, 2.45) is 0 Å². The van der Waals surface area contributed by atoms with E-state index >= 15 is 0 Å². The molecule has 0 unspecified atom stereocenters. The molecule has 0 bridgehead atoms. The molecule has 78 valence electrons. The lowest BCUT2D eigenvalue weighted by molar-refractivity contribution is -0.320. The van der Waals surface area contributed by atoms with E-state index in [1.165, 1.54) is 0 Å². The Hall–Kier alpha value is -0.370. The standard InChI is InChI=1S/C6H9F3O4/c7-6(8,9)5-4(12)2(10)1-3(11)13-5/h2-5,10-12H,1H2/t2-,3+,4-,5+/m0/s1. The van der Waals surface area contributed by atoms with Crippen LogP contribution in [-0.2, 0) is 4.74 Å². The van der Waals surface area contributed by atoms with Crippen molar-refractivity contribution < 1.29 is 33.2 Å².